The quantitative estimate of drug-likeness (QED) is 0.709. The van der Waals surface area contributed by atoms with Crippen LogP contribution < -0.4 is 10.0 Å². The van der Waals surface area contributed by atoms with Crippen LogP contribution in [0.4, 0.5) is 5.69 Å². The van der Waals surface area contributed by atoms with Gasteiger partial charge in [-0.2, -0.15) is 4.99 Å². The van der Waals surface area contributed by atoms with Gasteiger partial charge in [0, 0.05) is 23.3 Å². The highest BCUT2D eigenvalue weighted by atomic mass is 32.2. The Morgan fingerprint density at radius 3 is 2.63 bits per heavy atom. The third kappa shape index (κ3) is 4.52. The van der Waals surface area contributed by atoms with Gasteiger partial charge >= 0.3 is 0 Å². The number of hydrogen-bond donors (Lipinski definition) is 0. The number of rotatable bonds is 5. The van der Waals surface area contributed by atoms with Gasteiger partial charge in [-0.3, -0.25) is 4.79 Å². The van der Waals surface area contributed by atoms with E-state index in [0.717, 1.165) is 16.8 Å². The molecule has 2 fully saturated rings. The van der Waals surface area contributed by atoms with Crippen LogP contribution in [0.25, 0.3) is 0 Å². The molecule has 0 unspecified atom stereocenters. The fraction of sp³-hybridized carbons (Fsp3) is 0.500. The first-order chi connectivity index (χ1) is 12.7. The molecular formula is C18H21N2O5S2-. The number of carboxylic acids is 1. The van der Waals surface area contributed by atoms with E-state index >= 15 is 0 Å². The van der Waals surface area contributed by atoms with Gasteiger partial charge in [0.25, 0.3) is 0 Å². The summed E-state index contributed by atoms with van der Waals surface area (Å²) in [7, 11) is -3.11. The summed E-state index contributed by atoms with van der Waals surface area (Å²) in [6.45, 7) is 3.98. The van der Waals surface area contributed by atoms with E-state index in [9.17, 15) is 23.1 Å². The van der Waals surface area contributed by atoms with Gasteiger partial charge < -0.3 is 14.8 Å². The minimum atomic E-state index is -3.11. The van der Waals surface area contributed by atoms with Crippen LogP contribution in [0.3, 0.4) is 0 Å². The second-order valence-electron chi connectivity index (χ2n) is 6.95. The molecular weight excluding hydrogens is 388 g/mol. The molecule has 2 aliphatic rings. The van der Waals surface area contributed by atoms with Crippen LogP contribution >= 0.6 is 11.8 Å². The van der Waals surface area contributed by atoms with Crippen LogP contribution in [0.15, 0.2) is 23.2 Å². The lowest BCUT2D eigenvalue weighted by molar-refractivity contribution is -0.305. The number of aliphatic imine (C=N–C) groups is 1. The Morgan fingerprint density at radius 1 is 1.22 bits per heavy atom. The van der Waals surface area contributed by atoms with E-state index in [0.29, 0.717) is 5.17 Å². The molecule has 0 aliphatic carbocycles. The molecule has 7 nitrogen and oxygen atoms in total. The summed E-state index contributed by atoms with van der Waals surface area (Å²) in [5.74, 6) is -1.49. The number of sulfone groups is 1. The van der Waals surface area contributed by atoms with E-state index in [1.165, 1.54) is 11.8 Å². The van der Waals surface area contributed by atoms with Crippen LogP contribution in [0.2, 0.25) is 0 Å². The number of nitrogens with zero attached hydrogens (tertiary/aromatic N) is 2. The Balaban J connectivity index is 1.88. The molecule has 0 N–H and O–H groups in total. The van der Waals surface area contributed by atoms with Crippen LogP contribution in [0, 0.1) is 13.8 Å². The largest absolute Gasteiger partial charge is 0.550 e. The van der Waals surface area contributed by atoms with E-state index in [2.05, 4.69) is 4.99 Å². The first-order valence-corrected chi connectivity index (χ1v) is 11.4. The third-order valence-electron chi connectivity index (χ3n) is 4.83. The van der Waals surface area contributed by atoms with E-state index in [1.807, 2.05) is 36.9 Å². The number of carbonyl (C=O) groups excluding carboxylic acids is 2. The Bertz CT molecular complexity index is 910. The Kier molecular flexibility index (Phi) is 5.62. The van der Waals surface area contributed by atoms with Crippen molar-refractivity contribution in [2.45, 2.75) is 44.4 Å². The number of benzene rings is 1. The normalized spacial score (nSPS) is 25.0. The number of anilines is 1. The number of aliphatic carboxylic acids is 1. The Hall–Kier alpha value is -1.87. The standard InChI is InChI=1S/C18H22N2O5S2/c1-11-6-7-13(8-12(11)2)20-14-9-27(24,25)10-15(14)26-18(20)19-16(21)4-3-5-17(22)23/h6-8,14-15H,3-5,9-10H2,1-2H3,(H,22,23)/p-1/t14-,15+/m0/s1. The molecule has 0 spiro atoms. The maximum absolute atomic E-state index is 12.2. The molecule has 0 bridgehead atoms. The highest BCUT2D eigenvalue weighted by molar-refractivity contribution is 8.16. The highest BCUT2D eigenvalue weighted by Crippen LogP contribution is 2.41. The maximum atomic E-state index is 12.2. The van der Waals surface area contributed by atoms with Crippen molar-refractivity contribution in [2.24, 2.45) is 4.99 Å². The van der Waals surface area contributed by atoms with E-state index in [4.69, 9.17) is 0 Å². The smallest absolute Gasteiger partial charge is 0.248 e. The molecule has 0 aromatic heterocycles. The van der Waals surface area contributed by atoms with Gasteiger partial charge in [-0.1, -0.05) is 17.8 Å². The predicted octanol–water partition coefficient (Wildman–Crippen LogP) is 0.825. The summed E-state index contributed by atoms with van der Waals surface area (Å²) in [6, 6.07) is 5.59. The molecule has 146 valence electrons. The van der Waals surface area contributed by atoms with Crippen molar-refractivity contribution in [3.05, 3.63) is 29.3 Å². The number of carbonyl (C=O) groups is 2. The van der Waals surface area contributed by atoms with Crippen LogP contribution in [0.1, 0.15) is 30.4 Å². The molecule has 3 rings (SSSR count). The fourth-order valence-electron chi connectivity index (χ4n) is 3.29. The molecule has 9 heteroatoms. The fourth-order valence-corrected chi connectivity index (χ4v) is 7.22. The minimum absolute atomic E-state index is 0.0203. The predicted molar refractivity (Wildman–Crippen MR) is 104 cm³/mol. The van der Waals surface area contributed by atoms with E-state index in [-0.39, 0.29) is 42.1 Å². The zero-order valence-corrected chi connectivity index (χ0v) is 16.8. The molecule has 27 heavy (non-hydrogen) atoms. The molecule has 1 amide bonds. The van der Waals surface area contributed by atoms with Gasteiger partial charge in [-0.05, 0) is 49.9 Å². The number of aryl methyl sites for hydroxylation is 2. The van der Waals surface area contributed by atoms with Gasteiger partial charge in [-0.15, -0.1) is 0 Å². The summed E-state index contributed by atoms with van der Waals surface area (Å²) in [4.78, 5) is 28.7. The molecule has 2 atom stereocenters. The number of hydrogen-bond acceptors (Lipinski definition) is 6. The number of amidine groups is 1. The van der Waals surface area contributed by atoms with Crippen LogP contribution in [-0.4, -0.2) is 48.3 Å². The summed E-state index contributed by atoms with van der Waals surface area (Å²) in [5, 5.41) is 10.8. The third-order valence-corrected chi connectivity index (χ3v) is 8.04. The number of fused-ring (bicyclic) bond motifs is 1. The van der Waals surface area contributed by atoms with Gasteiger partial charge in [0.1, 0.15) is 0 Å². The molecule has 0 radical (unpaired) electrons. The summed E-state index contributed by atoms with van der Waals surface area (Å²) in [5.41, 5.74) is 3.01. The van der Waals surface area contributed by atoms with E-state index < -0.39 is 21.7 Å². The Morgan fingerprint density at radius 2 is 1.96 bits per heavy atom. The second-order valence-corrected chi connectivity index (χ2v) is 10.3. The zero-order chi connectivity index (χ0) is 19.8. The maximum Gasteiger partial charge on any atom is 0.248 e. The van der Waals surface area contributed by atoms with Gasteiger partial charge in [0.2, 0.25) is 5.91 Å². The topological polar surface area (TPSA) is 107 Å². The lowest BCUT2D eigenvalue weighted by Gasteiger charge is -2.25. The molecule has 1 aromatic carbocycles. The van der Waals surface area contributed by atoms with Crippen LogP contribution in [-0.2, 0) is 19.4 Å². The van der Waals surface area contributed by atoms with Crippen molar-refractivity contribution < 1.29 is 23.1 Å². The number of carboxylic acid groups (broad SMARTS) is 1. The van der Waals surface area contributed by atoms with Crippen LogP contribution in [0.5, 0.6) is 0 Å². The highest BCUT2D eigenvalue weighted by Gasteiger charge is 2.49. The molecule has 2 aliphatic heterocycles. The monoisotopic (exact) mass is 409 g/mol. The summed E-state index contributed by atoms with van der Waals surface area (Å²) >= 11 is 1.31. The zero-order valence-electron chi connectivity index (χ0n) is 15.2. The average molecular weight is 410 g/mol. The number of amides is 1. The Labute approximate surface area is 162 Å². The second kappa shape index (κ2) is 7.63. The minimum Gasteiger partial charge on any atom is -0.550 e. The lowest BCUT2D eigenvalue weighted by Crippen LogP contribution is -2.37. The first-order valence-electron chi connectivity index (χ1n) is 8.71. The van der Waals surface area contributed by atoms with Gasteiger partial charge in [0.05, 0.1) is 17.5 Å². The van der Waals surface area contributed by atoms with Gasteiger partial charge in [0.15, 0.2) is 15.0 Å². The first kappa shape index (κ1) is 19.9. The molecule has 2 heterocycles. The van der Waals surface area contributed by atoms with Crippen molar-refractivity contribution in [1.29, 1.82) is 0 Å². The molecule has 2 saturated heterocycles. The van der Waals surface area contributed by atoms with Crippen molar-refractivity contribution in [3.63, 3.8) is 0 Å². The lowest BCUT2D eigenvalue weighted by atomic mass is 10.1. The summed E-state index contributed by atoms with van der Waals surface area (Å²) < 4.78 is 24.1. The van der Waals surface area contributed by atoms with E-state index in [1.54, 1.807) is 0 Å². The van der Waals surface area contributed by atoms with Gasteiger partial charge in [-0.25, -0.2) is 8.42 Å². The van der Waals surface area contributed by atoms with Crippen molar-refractivity contribution >= 4 is 44.3 Å². The number of thioether (sulfide) groups is 1. The molecule has 1 aromatic rings. The SMILES string of the molecule is Cc1ccc(N2C(=NC(=O)CCCC(=O)[O-])S[C@@H]3CS(=O)(=O)C[C@@H]32)cc1C. The average Bonchev–Trinajstić information content (AvgIpc) is 3.00. The summed E-state index contributed by atoms with van der Waals surface area (Å²) in [6.07, 6.45) is 0.00796. The molecule has 0 saturated carbocycles. The van der Waals surface area contributed by atoms with Crippen molar-refractivity contribution in [2.75, 3.05) is 16.4 Å². The van der Waals surface area contributed by atoms with Crippen molar-refractivity contribution in [1.82, 2.24) is 0 Å². The van der Waals surface area contributed by atoms with Crippen molar-refractivity contribution in [3.8, 4) is 0 Å².